The molecule has 1 amide bonds. The third kappa shape index (κ3) is 2.14. The zero-order chi connectivity index (χ0) is 6.08. The van der Waals surface area contributed by atoms with Crippen LogP contribution >= 0.6 is 0 Å². The second-order valence-electron chi connectivity index (χ2n) is 0.987. The van der Waals surface area contributed by atoms with Gasteiger partial charge >= 0.3 is 0 Å². The Morgan fingerprint density at radius 1 is 1.71 bits per heavy atom. The molecule has 38 valence electrons. The van der Waals surface area contributed by atoms with E-state index in [9.17, 15) is 13.6 Å². The van der Waals surface area contributed by atoms with Gasteiger partial charge in [-0.15, -0.1) is 0 Å². The Balaban J connectivity index is 3.79. The van der Waals surface area contributed by atoms with E-state index in [1.54, 1.807) is 0 Å². The van der Waals surface area contributed by atoms with Crippen LogP contribution in [0.25, 0.3) is 0 Å². The quantitative estimate of drug-likeness (QED) is 0.437. The molecule has 7 heavy (non-hydrogen) atoms. The van der Waals surface area contributed by atoms with E-state index in [0.29, 0.717) is 0 Å². The molecule has 0 aliphatic carbocycles. The molecule has 0 aliphatic heterocycles. The summed E-state index contributed by atoms with van der Waals surface area (Å²) in [6, 6.07) is 0. The van der Waals surface area contributed by atoms with E-state index < -0.39 is 11.7 Å². The third-order valence-electron chi connectivity index (χ3n) is 0.329. The first-order chi connectivity index (χ1) is 2.94. The monoisotopic (exact) mass is 105 g/mol. The highest BCUT2D eigenvalue weighted by atomic mass is 19.3. The lowest BCUT2D eigenvalue weighted by Crippen LogP contribution is -2.35. The van der Waals surface area contributed by atoms with Gasteiger partial charge in [0.05, 0.1) is 0 Å². The molecule has 0 spiro atoms. The predicted octanol–water partition coefficient (Wildman–Crippen LogP) is -0.767. The maximum atomic E-state index is 11.1. The summed E-state index contributed by atoms with van der Waals surface area (Å²) in [6.45, 7) is 0. The molecular weight excluding hydrogens is 103 g/mol. The molecule has 0 atom stereocenters. The second kappa shape index (κ2) is 1.48. The second-order valence-corrected chi connectivity index (χ2v) is 0.987. The zero-order valence-electron chi connectivity index (χ0n) is 3.32. The molecule has 0 saturated carbocycles. The Labute approximate surface area is 40.1 Å². The number of alkyl halides is 2. The van der Waals surface area contributed by atoms with E-state index in [4.69, 9.17) is 0 Å². The van der Waals surface area contributed by atoms with Crippen LogP contribution in [-0.2, 0) is 4.79 Å². The summed E-state index contributed by atoms with van der Waals surface area (Å²) in [6.07, 6.45) is 0. The van der Waals surface area contributed by atoms with Crippen molar-refractivity contribution in [3.63, 3.8) is 0 Å². The Morgan fingerprint density at radius 2 is 1.86 bits per heavy atom. The Bertz CT molecular complexity index is 88.2. The number of hydrogen-bond acceptors (Lipinski definition) is 1. The van der Waals surface area contributed by atoms with E-state index in [1.165, 1.54) is 0 Å². The molecule has 0 fully saturated rings. The van der Waals surface area contributed by atoms with Crippen molar-refractivity contribution < 1.29 is 13.6 Å². The lowest BCUT2D eigenvalue weighted by atomic mass is 9.99. The van der Waals surface area contributed by atoms with Crippen molar-refractivity contribution in [2.24, 2.45) is 5.73 Å². The van der Waals surface area contributed by atoms with Crippen LogP contribution in [0.15, 0.2) is 0 Å². The minimum atomic E-state index is -3.86. The highest BCUT2D eigenvalue weighted by Gasteiger charge is 2.27. The highest BCUT2D eigenvalue weighted by molar-refractivity contribution is 6.25. The van der Waals surface area contributed by atoms with Crippen LogP contribution in [0.1, 0.15) is 0 Å². The van der Waals surface area contributed by atoms with Gasteiger partial charge in [-0.05, 0) is 0 Å². The van der Waals surface area contributed by atoms with Gasteiger partial charge < -0.3 is 5.73 Å². The van der Waals surface area contributed by atoms with E-state index in [-0.39, 0.29) is 0 Å². The minimum absolute atomic E-state index is 1.81. The number of carbonyl (C=O) groups excluding carboxylic acids is 1. The first-order valence-electron chi connectivity index (χ1n) is 1.41. The Morgan fingerprint density at radius 3 is 1.86 bits per heavy atom. The summed E-state index contributed by atoms with van der Waals surface area (Å²) >= 11 is 0. The number of amides is 1. The SMILES string of the molecule is [B]C(F)(F)C(N)=O. The zero-order valence-corrected chi connectivity index (χ0v) is 3.32. The standard InChI is InChI=1S/C2H2BF2NO/c3-2(4,5)1(6)7/h(H2,6,7). The minimum Gasteiger partial charge on any atom is -0.365 e. The average Bonchev–Trinajstić information content (AvgIpc) is 1.31. The lowest BCUT2D eigenvalue weighted by molar-refractivity contribution is -0.132. The summed E-state index contributed by atoms with van der Waals surface area (Å²) < 4.78 is 22.3. The highest BCUT2D eigenvalue weighted by Crippen LogP contribution is 2.03. The van der Waals surface area contributed by atoms with E-state index in [0.717, 1.165) is 0 Å². The summed E-state index contributed by atoms with van der Waals surface area (Å²) in [5, 5.41) is 0. The molecule has 2 radical (unpaired) electrons. The van der Waals surface area contributed by atoms with Crippen LogP contribution in [0.5, 0.6) is 0 Å². The lowest BCUT2D eigenvalue weighted by Gasteiger charge is -2.01. The van der Waals surface area contributed by atoms with Crippen LogP contribution < -0.4 is 5.73 Å². The summed E-state index contributed by atoms with van der Waals surface area (Å²) in [4.78, 5) is 9.37. The third-order valence-corrected chi connectivity index (χ3v) is 0.329. The molecule has 0 aromatic rings. The van der Waals surface area contributed by atoms with Crippen molar-refractivity contribution in [1.82, 2.24) is 0 Å². The van der Waals surface area contributed by atoms with Crippen molar-refractivity contribution in [1.29, 1.82) is 0 Å². The molecule has 0 aromatic heterocycles. The fourth-order valence-electron chi connectivity index (χ4n) is 0. The first-order valence-corrected chi connectivity index (χ1v) is 1.41. The van der Waals surface area contributed by atoms with Gasteiger partial charge in [0.15, 0.2) is 7.85 Å². The average molecular weight is 105 g/mol. The van der Waals surface area contributed by atoms with Gasteiger partial charge in [0, 0.05) is 0 Å². The van der Waals surface area contributed by atoms with E-state index in [1.807, 2.05) is 0 Å². The first kappa shape index (κ1) is 6.39. The van der Waals surface area contributed by atoms with Crippen molar-refractivity contribution in [3.8, 4) is 0 Å². The van der Waals surface area contributed by atoms with Gasteiger partial charge in [0.1, 0.15) is 0 Å². The Kier molecular flexibility index (Phi) is 1.35. The van der Waals surface area contributed by atoms with E-state index in [2.05, 4.69) is 13.6 Å². The summed E-state index contributed by atoms with van der Waals surface area (Å²) in [5.74, 6) is -5.67. The number of nitrogens with two attached hydrogens (primary N) is 1. The van der Waals surface area contributed by atoms with Crippen LogP contribution in [0.4, 0.5) is 8.78 Å². The molecule has 0 saturated heterocycles. The molecule has 0 rings (SSSR count). The number of hydrogen-bond donors (Lipinski definition) is 1. The van der Waals surface area contributed by atoms with Crippen LogP contribution in [0, 0.1) is 0 Å². The molecule has 2 nitrogen and oxygen atoms in total. The number of primary amides is 1. The molecular formula is C2H2BF2NO. The van der Waals surface area contributed by atoms with Crippen molar-refractivity contribution >= 4 is 13.8 Å². The molecule has 2 N–H and O–H groups in total. The topological polar surface area (TPSA) is 43.1 Å². The molecule has 0 aromatic carbocycles. The van der Waals surface area contributed by atoms with Gasteiger partial charge in [-0.1, -0.05) is 0 Å². The molecule has 0 unspecified atom stereocenters. The van der Waals surface area contributed by atoms with Gasteiger partial charge in [-0.3, -0.25) is 4.79 Å². The molecule has 0 aliphatic rings. The van der Waals surface area contributed by atoms with Crippen LogP contribution in [0.3, 0.4) is 0 Å². The summed E-state index contributed by atoms with van der Waals surface area (Å²) in [5.41, 5.74) is 4.06. The van der Waals surface area contributed by atoms with Crippen LogP contribution in [-0.4, -0.2) is 19.6 Å². The smallest absolute Gasteiger partial charge is 0.276 e. The molecule has 0 bridgehead atoms. The maximum Gasteiger partial charge on any atom is 0.276 e. The largest absolute Gasteiger partial charge is 0.365 e. The van der Waals surface area contributed by atoms with Crippen molar-refractivity contribution in [2.75, 3.05) is 0 Å². The van der Waals surface area contributed by atoms with Gasteiger partial charge in [0.25, 0.3) is 11.7 Å². The molecule has 0 heterocycles. The summed E-state index contributed by atoms with van der Waals surface area (Å²) in [7, 11) is 3.87. The fourth-order valence-corrected chi connectivity index (χ4v) is 0. The Hall–Kier alpha value is -0.605. The van der Waals surface area contributed by atoms with Gasteiger partial charge in [-0.2, -0.15) is 0 Å². The van der Waals surface area contributed by atoms with Gasteiger partial charge in [-0.25, -0.2) is 8.78 Å². The molecule has 5 heteroatoms. The van der Waals surface area contributed by atoms with Crippen LogP contribution in [0.2, 0.25) is 0 Å². The number of halogens is 2. The normalized spacial score (nSPS) is 11.1. The maximum absolute atomic E-state index is 11.1. The van der Waals surface area contributed by atoms with Crippen molar-refractivity contribution in [2.45, 2.75) is 5.82 Å². The predicted molar refractivity (Wildman–Crippen MR) is 19.9 cm³/mol. The van der Waals surface area contributed by atoms with E-state index >= 15 is 0 Å². The fraction of sp³-hybridized carbons (Fsp3) is 0.500. The number of rotatable bonds is 1. The van der Waals surface area contributed by atoms with Gasteiger partial charge in [0.2, 0.25) is 0 Å². The van der Waals surface area contributed by atoms with Crippen molar-refractivity contribution in [3.05, 3.63) is 0 Å². The number of carbonyl (C=O) groups is 1.